The molecule has 1 atom stereocenters. The van der Waals surface area contributed by atoms with Crippen molar-refractivity contribution in [3.8, 4) is 0 Å². The number of nitrogens with one attached hydrogen (secondary N) is 1. The number of fused-ring (bicyclic) bond motifs is 1. The molecule has 88 valence electrons. The van der Waals surface area contributed by atoms with Crippen molar-refractivity contribution in [1.82, 2.24) is 4.90 Å². The summed E-state index contributed by atoms with van der Waals surface area (Å²) in [5.41, 5.74) is 0.897. The molecule has 0 fully saturated rings. The number of rotatable bonds is 2. The number of hydrogen-bond acceptors (Lipinski definition) is 4. The van der Waals surface area contributed by atoms with Crippen molar-refractivity contribution in [1.29, 1.82) is 0 Å². The first-order valence-corrected chi connectivity index (χ1v) is 5.35. The van der Waals surface area contributed by atoms with Gasteiger partial charge in [0.15, 0.2) is 0 Å². The summed E-state index contributed by atoms with van der Waals surface area (Å²) in [5.74, 6) is 0.643. The fourth-order valence-electron chi connectivity index (χ4n) is 2.00. The maximum absolute atomic E-state index is 11.5. The van der Waals surface area contributed by atoms with Gasteiger partial charge < -0.3 is 14.6 Å². The lowest BCUT2D eigenvalue weighted by atomic mass is 10.2. The number of nitrogens with zero attached hydrogens (tertiary/aromatic N) is 2. The fourth-order valence-corrected chi connectivity index (χ4v) is 2.00. The molecule has 1 unspecified atom stereocenters. The Kier molecular flexibility index (Phi) is 2.87. The molecule has 0 spiro atoms. The number of carbonyl (C=O) groups is 1. The monoisotopic (exact) mass is 223 g/mol. The van der Waals surface area contributed by atoms with E-state index in [1.165, 1.54) is 0 Å². The zero-order chi connectivity index (χ0) is 11.7. The molecule has 1 aromatic rings. The van der Waals surface area contributed by atoms with Gasteiger partial charge in [-0.2, -0.15) is 0 Å². The second-order valence-corrected chi connectivity index (χ2v) is 4.37. The summed E-state index contributed by atoms with van der Waals surface area (Å²) in [6.45, 7) is 3.09. The van der Waals surface area contributed by atoms with Crippen LogP contribution in [0.2, 0.25) is 0 Å². The van der Waals surface area contributed by atoms with Gasteiger partial charge in [-0.15, -0.1) is 0 Å². The molecule has 0 saturated carbocycles. The maximum atomic E-state index is 11.5. The van der Waals surface area contributed by atoms with E-state index in [9.17, 15) is 4.79 Å². The normalized spacial score (nSPS) is 19.5. The third kappa shape index (κ3) is 2.04. The Hall–Kier alpha value is -1.49. The molecule has 16 heavy (non-hydrogen) atoms. The van der Waals surface area contributed by atoms with E-state index in [2.05, 4.69) is 10.2 Å². The molecule has 0 aromatic carbocycles. The van der Waals surface area contributed by atoms with Gasteiger partial charge in [0.2, 0.25) is 11.8 Å². The highest BCUT2D eigenvalue weighted by Crippen LogP contribution is 2.31. The molecule has 2 heterocycles. The standard InChI is InChI=1S/C11H17N3O2/c1-8(15)14-7-9(6-13(2)3)12-10-4-5-16-11(10)14/h4-5,9,12H,6-7H2,1-3H3. The number of furan rings is 1. The molecule has 2 rings (SSSR count). The van der Waals surface area contributed by atoms with Crippen LogP contribution in [0.25, 0.3) is 0 Å². The topological polar surface area (TPSA) is 48.7 Å². The lowest BCUT2D eigenvalue weighted by molar-refractivity contribution is -0.116. The smallest absolute Gasteiger partial charge is 0.226 e. The Labute approximate surface area is 95.0 Å². The third-order valence-corrected chi connectivity index (χ3v) is 2.62. The maximum Gasteiger partial charge on any atom is 0.226 e. The molecule has 0 radical (unpaired) electrons. The molecule has 5 heteroatoms. The first kappa shape index (κ1) is 11.0. The van der Waals surface area contributed by atoms with Crippen molar-refractivity contribution >= 4 is 17.5 Å². The van der Waals surface area contributed by atoms with Gasteiger partial charge >= 0.3 is 0 Å². The van der Waals surface area contributed by atoms with Crippen LogP contribution < -0.4 is 10.2 Å². The predicted octanol–water partition coefficient (Wildman–Crippen LogP) is 0.988. The van der Waals surface area contributed by atoms with Crippen molar-refractivity contribution in [3.05, 3.63) is 12.3 Å². The summed E-state index contributed by atoms with van der Waals surface area (Å²) in [6, 6.07) is 2.09. The van der Waals surface area contributed by atoms with E-state index in [1.807, 2.05) is 20.2 Å². The number of hydrogen-bond donors (Lipinski definition) is 1. The van der Waals surface area contributed by atoms with Crippen molar-refractivity contribution in [3.63, 3.8) is 0 Å². The third-order valence-electron chi connectivity index (χ3n) is 2.62. The van der Waals surface area contributed by atoms with Crippen LogP contribution in [0.15, 0.2) is 16.7 Å². The minimum atomic E-state index is 0.0152. The van der Waals surface area contributed by atoms with Gasteiger partial charge in [-0.25, -0.2) is 0 Å². The van der Waals surface area contributed by atoms with Crippen LogP contribution in [-0.4, -0.2) is 44.0 Å². The summed E-state index contributed by atoms with van der Waals surface area (Å²) in [4.78, 5) is 15.3. The van der Waals surface area contributed by atoms with E-state index in [1.54, 1.807) is 18.1 Å². The van der Waals surface area contributed by atoms with Crippen LogP contribution in [-0.2, 0) is 4.79 Å². The molecule has 1 aliphatic heterocycles. The van der Waals surface area contributed by atoms with E-state index >= 15 is 0 Å². The van der Waals surface area contributed by atoms with E-state index < -0.39 is 0 Å². The largest absolute Gasteiger partial charge is 0.446 e. The fraction of sp³-hybridized carbons (Fsp3) is 0.545. The summed E-state index contributed by atoms with van der Waals surface area (Å²) in [7, 11) is 4.04. The van der Waals surface area contributed by atoms with Crippen molar-refractivity contribution in [2.45, 2.75) is 13.0 Å². The second kappa shape index (κ2) is 4.17. The molecule has 1 N–H and O–H groups in total. The van der Waals surface area contributed by atoms with Gasteiger partial charge in [0.1, 0.15) is 0 Å². The summed E-state index contributed by atoms with van der Waals surface area (Å²) >= 11 is 0. The van der Waals surface area contributed by atoms with Crippen molar-refractivity contribution in [2.75, 3.05) is 37.4 Å². The van der Waals surface area contributed by atoms with Gasteiger partial charge in [0.05, 0.1) is 24.5 Å². The van der Waals surface area contributed by atoms with Crippen LogP contribution >= 0.6 is 0 Å². The summed E-state index contributed by atoms with van der Waals surface area (Å²) < 4.78 is 5.31. The first-order chi connectivity index (χ1) is 7.58. The van der Waals surface area contributed by atoms with Crippen LogP contribution in [0.4, 0.5) is 11.6 Å². The number of carbonyl (C=O) groups excluding carboxylic acids is 1. The first-order valence-electron chi connectivity index (χ1n) is 5.35. The highest BCUT2D eigenvalue weighted by Gasteiger charge is 2.28. The van der Waals surface area contributed by atoms with Crippen molar-refractivity contribution in [2.24, 2.45) is 0 Å². The Morgan fingerprint density at radius 1 is 1.69 bits per heavy atom. The van der Waals surface area contributed by atoms with Gasteiger partial charge in [-0.1, -0.05) is 0 Å². The Morgan fingerprint density at radius 3 is 3.06 bits per heavy atom. The molecular weight excluding hydrogens is 206 g/mol. The average molecular weight is 223 g/mol. The molecule has 1 amide bonds. The average Bonchev–Trinajstić information content (AvgIpc) is 2.62. The number of anilines is 2. The summed E-state index contributed by atoms with van der Waals surface area (Å²) in [5, 5.41) is 3.36. The zero-order valence-corrected chi connectivity index (χ0v) is 9.86. The lowest BCUT2D eigenvalue weighted by Crippen LogP contribution is -2.47. The quantitative estimate of drug-likeness (QED) is 0.812. The van der Waals surface area contributed by atoms with E-state index in [-0.39, 0.29) is 11.9 Å². The van der Waals surface area contributed by atoms with Gasteiger partial charge in [-0.05, 0) is 14.1 Å². The zero-order valence-electron chi connectivity index (χ0n) is 9.86. The molecule has 0 bridgehead atoms. The Morgan fingerprint density at radius 2 is 2.44 bits per heavy atom. The van der Waals surface area contributed by atoms with E-state index in [0.717, 1.165) is 12.2 Å². The van der Waals surface area contributed by atoms with Crippen LogP contribution in [0.5, 0.6) is 0 Å². The van der Waals surface area contributed by atoms with E-state index in [4.69, 9.17) is 4.42 Å². The summed E-state index contributed by atoms with van der Waals surface area (Å²) in [6.07, 6.45) is 1.60. The Balaban J connectivity index is 2.20. The van der Waals surface area contributed by atoms with Crippen LogP contribution in [0.1, 0.15) is 6.92 Å². The molecule has 5 nitrogen and oxygen atoms in total. The van der Waals surface area contributed by atoms with Crippen molar-refractivity contribution < 1.29 is 9.21 Å². The number of amides is 1. The van der Waals surface area contributed by atoms with Crippen LogP contribution in [0.3, 0.4) is 0 Å². The number of likely N-dealkylation sites (N-methyl/N-ethyl adjacent to an activating group) is 1. The predicted molar refractivity (Wildman–Crippen MR) is 62.7 cm³/mol. The minimum absolute atomic E-state index is 0.0152. The van der Waals surface area contributed by atoms with Gasteiger partial charge in [0, 0.05) is 19.5 Å². The molecule has 1 aliphatic rings. The Bertz CT molecular complexity index is 386. The SMILES string of the molecule is CC(=O)N1CC(CN(C)C)Nc2ccoc21. The highest BCUT2D eigenvalue weighted by molar-refractivity contribution is 5.94. The van der Waals surface area contributed by atoms with Gasteiger partial charge in [-0.3, -0.25) is 9.69 Å². The van der Waals surface area contributed by atoms with Gasteiger partial charge in [0.25, 0.3) is 0 Å². The molecule has 0 aliphatic carbocycles. The molecule has 0 saturated heterocycles. The molecular formula is C11H17N3O2. The molecule has 1 aromatic heterocycles. The highest BCUT2D eigenvalue weighted by atomic mass is 16.3. The van der Waals surface area contributed by atoms with Crippen LogP contribution in [0, 0.1) is 0 Å². The minimum Gasteiger partial charge on any atom is -0.446 e. The second-order valence-electron chi connectivity index (χ2n) is 4.37. The lowest BCUT2D eigenvalue weighted by Gasteiger charge is -2.33. The van der Waals surface area contributed by atoms with E-state index in [0.29, 0.717) is 12.4 Å².